The van der Waals surface area contributed by atoms with E-state index in [0.29, 0.717) is 26.3 Å². The molecule has 1 aliphatic heterocycles. The molecule has 4 rings (SSSR count). The third-order valence-corrected chi connectivity index (χ3v) is 6.90. The van der Waals surface area contributed by atoms with E-state index in [9.17, 15) is 18.5 Å². The molecule has 3 aromatic rings. The van der Waals surface area contributed by atoms with Gasteiger partial charge >= 0.3 is 0 Å². The van der Waals surface area contributed by atoms with Crippen LogP contribution < -0.4 is 4.72 Å². The third kappa shape index (κ3) is 4.75. The van der Waals surface area contributed by atoms with E-state index in [-0.39, 0.29) is 23.2 Å². The van der Waals surface area contributed by atoms with Crippen LogP contribution in [0.4, 0.5) is 5.69 Å². The number of sulfonamides is 1. The van der Waals surface area contributed by atoms with Crippen molar-refractivity contribution < 1.29 is 18.1 Å². The number of fused-ring (bicyclic) bond motifs is 1. The number of nitro benzene ring substituents is 1. The Morgan fingerprint density at radius 1 is 1.03 bits per heavy atom. The Bertz CT molecular complexity index is 1190. The first-order valence-electron chi connectivity index (χ1n) is 9.99. The van der Waals surface area contributed by atoms with Crippen LogP contribution in [0.2, 0.25) is 0 Å². The largest absolute Gasteiger partial charge is 0.379 e. The number of hydrogen-bond donors (Lipinski definition) is 1. The van der Waals surface area contributed by atoms with Crippen LogP contribution >= 0.6 is 0 Å². The van der Waals surface area contributed by atoms with Gasteiger partial charge in [-0.05, 0) is 22.4 Å². The lowest BCUT2D eigenvalue weighted by molar-refractivity contribution is -0.385. The van der Waals surface area contributed by atoms with Crippen LogP contribution in [-0.2, 0) is 14.8 Å². The SMILES string of the molecule is O=[N+]([O-])c1cccc(S(=O)(=O)NCC(c2cccc3ccccc23)N2CCOCC2)c1. The predicted molar refractivity (Wildman–Crippen MR) is 117 cm³/mol. The fraction of sp³-hybridized carbons (Fsp3) is 0.273. The number of hydrogen-bond acceptors (Lipinski definition) is 6. The van der Waals surface area contributed by atoms with E-state index in [1.165, 1.54) is 18.2 Å². The van der Waals surface area contributed by atoms with Crippen molar-refractivity contribution in [2.45, 2.75) is 10.9 Å². The summed E-state index contributed by atoms with van der Waals surface area (Å²) in [6, 6.07) is 18.9. The van der Waals surface area contributed by atoms with Crippen LogP contribution in [0.3, 0.4) is 0 Å². The van der Waals surface area contributed by atoms with Crippen molar-refractivity contribution in [1.29, 1.82) is 0 Å². The molecule has 0 bridgehead atoms. The second-order valence-electron chi connectivity index (χ2n) is 7.34. The Hall–Kier alpha value is -2.85. The molecule has 0 aliphatic carbocycles. The normalized spacial score (nSPS) is 16.3. The van der Waals surface area contributed by atoms with Crippen LogP contribution in [0, 0.1) is 10.1 Å². The van der Waals surface area contributed by atoms with Crippen LogP contribution in [0.15, 0.2) is 71.6 Å². The molecule has 1 unspecified atom stereocenters. The molecule has 162 valence electrons. The lowest BCUT2D eigenvalue weighted by atomic mass is 9.97. The summed E-state index contributed by atoms with van der Waals surface area (Å²) in [4.78, 5) is 12.5. The van der Waals surface area contributed by atoms with E-state index >= 15 is 0 Å². The lowest BCUT2D eigenvalue weighted by Crippen LogP contribution is -2.43. The zero-order valence-corrected chi connectivity index (χ0v) is 17.6. The highest BCUT2D eigenvalue weighted by Crippen LogP contribution is 2.29. The molecule has 0 spiro atoms. The number of nitrogens with one attached hydrogen (secondary N) is 1. The monoisotopic (exact) mass is 441 g/mol. The Kier molecular flexibility index (Phi) is 6.28. The van der Waals surface area contributed by atoms with Crippen molar-refractivity contribution in [3.05, 3.63) is 82.4 Å². The predicted octanol–water partition coefficient (Wildman–Crippen LogP) is 3.10. The third-order valence-electron chi connectivity index (χ3n) is 5.47. The number of nitrogens with zero attached hydrogens (tertiary/aromatic N) is 2. The number of rotatable bonds is 7. The van der Waals surface area contributed by atoms with Gasteiger partial charge in [-0.1, -0.05) is 48.5 Å². The van der Waals surface area contributed by atoms with Crippen LogP contribution in [0.25, 0.3) is 10.8 Å². The minimum atomic E-state index is -3.92. The number of non-ortho nitro benzene ring substituents is 1. The minimum absolute atomic E-state index is 0.125. The van der Waals surface area contributed by atoms with Crippen LogP contribution in [-0.4, -0.2) is 51.1 Å². The Labute approximate surface area is 180 Å². The summed E-state index contributed by atoms with van der Waals surface area (Å²) in [6.07, 6.45) is 0. The summed E-state index contributed by atoms with van der Waals surface area (Å²) in [7, 11) is -3.92. The second-order valence-corrected chi connectivity index (χ2v) is 9.11. The average molecular weight is 442 g/mol. The quantitative estimate of drug-likeness (QED) is 0.447. The van der Waals surface area contributed by atoms with E-state index in [4.69, 9.17) is 4.74 Å². The van der Waals surface area contributed by atoms with Crippen molar-refractivity contribution in [2.75, 3.05) is 32.8 Å². The van der Waals surface area contributed by atoms with E-state index in [2.05, 4.69) is 9.62 Å². The Balaban J connectivity index is 1.65. The van der Waals surface area contributed by atoms with Crippen molar-refractivity contribution in [1.82, 2.24) is 9.62 Å². The van der Waals surface area contributed by atoms with Gasteiger partial charge in [0.1, 0.15) is 0 Å². The molecule has 0 saturated carbocycles. The summed E-state index contributed by atoms with van der Waals surface area (Å²) in [5.74, 6) is 0. The average Bonchev–Trinajstić information content (AvgIpc) is 2.80. The van der Waals surface area contributed by atoms with Gasteiger partial charge in [0.25, 0.3) is 5.69 Å². The van der Waals surface area contributed by atoms with Gasteiger partial charge < -0.3 is 4.74 Å². The zero-order chi connectivity index (χ0) is 21.8. The number of nitro groups is 1. The van der Waals surface area contributed by atoms with Crippen LogP contribution in [0.1, 0.15) is 11.6 Å². The molecular formula is C22H23N3O5S. The van der Waals surface area contributed by atoms with Gasteiger partial charge in [-0.3, -0.25) is 15.0 Å². The lowest BCUT2D eigenvalue weighted by Gasteiger charge is -2.35. The fourth-order valence-electron chi connectivity index (χ4n) is 3.90. The summed E-state index contributed by atoms with van der Waals surface area (Å²) in [5.41, 5.74) is 0.767. The molecule has 9 heteroatoms. The van der Waals surface area contributed by atoms with Gasteiger partial charge in [0.15, 0.2) is 0 Å². The molecule has 0 amide bonds. The maximum absolute atomic E-state index is 12.9. The van der Waals surface area contributed by atoms with Crippen LogP contribution in [0.5, 0.6) is 0 Å². The molecule has 31 heavy (non-hydrogen) atoms. The molecule has 0 aromatic heterocycles. The summed E-state index contributed by atoms with van der Waals surface area (Å²) in [6.45, 7) is 2.68. The van der Waals surface area contributed by atoms with Crippen molar-refractivity contribution in [3.8, 4) is 0 Å². The van der Waals surface area contributed by atoms with Crippen molar-refractivity contribution in [2.24, 2.45) is 0 Å². The number of morpholine rings is 1. The highest BCUT2D eigenvalue weighted by Gasteiger charge is 2.27. The number of ether oxygens (including phenoxy) is 1. The van der Waals surface area contributed by atoms with E-state index in [0.717, 1.165) is 22.4 Å². The van der Waals surface area contributed by atoms with Gasteiger partial charge in [0, 0.05) is 37.8 Å². The minimum Gasteiger partial charge on any atom is -0.379 e. The molecule has 1 heterocycles. The van der Waals surface area contributed by atoms with E-state index in [1.54, 1.807) is 0 Å². The molecule has 1 fully saturated rings. The topological polar surface area (TPSA) is 102 Å². The summed E-state index contributed by atoms with van der Waals surface area (Å²) >= 11 is 0. The first-order chi connectivity index (χ1) is 15.0. The second kappa shape index (κ2) is 9.11. The van der Waals surface area contributed by atoms with E-state index < -0.39 is 14.9 Å². The molecule has 1 N–H and O–H groups in total. The Morgan fingerprint density at radius 3 is 2.52 bits per heavy atom. The highest BCUT2D eigenvalue weighted by molar-refractivity contribution is 7.89. The molecule has 3 aromatic carbocycles. The number of benzene rings is 3. The zero-order valence-electron chi connectivity index (χ0n) is 16.8. The first kappa shape index (κ1) is 21.4. The van der Waals surface area contributed by atoms with Crippen molar-refractivity contribution >= 4 is 26.5 Å². The van der Waals surface area contributed by atoms with Gasteiger partial charge in [-0.2, -0.15) is 0 Å². The van der Waals surface area contributed by atoms with Crippen molar-refractivity contribution in [3.63, 3.8) is 0 Å². The molecule has 1 atom stereocenters. The maximum Gasteiger partial charge on any atom is 0.270 e. The summed E-state index contributed by atoms with van der Waals surface area (Å²) in [5, 5.41) is 13.2. The van der Waals surface area contributed by atoms with Gasteiger partial charge in [-0.15, -0.1) is 0 Å². The fourth-order valence-corrected chi connectivity index (χ4v) is 4.98. The molecule has 1 aliphatic rings. The molecule has 0 radical (unpaired) electrons. The van der Waals surface area contributed by atoms with Gasteiger partial charge in [0.05, 0.1) is 23.0 Å². The van der Waals surface area contributed by atoms with Gasteiger partial charge in [-0.25, -0.2) is 13.1 Å². The highest BCUT2D eigenvalue weighted by atomic mass is 32.2. The molecule has 8 nitrogen and oxygen atoms in total. The first-order valence-corrected chi connectivity index (χ1v) is 11.5. The summed E-state index contributed by atoms with van der Waals surface area (Å²) < 4.78 is 34.0. The van der Waals surface area contributed by atoms with Gasteiger partial charge in [0.2, 0.25) is 10.0 Å². The Morgan fingerprint density at radius 2 is 1.74 bits per heavy atom. The standard InChI is InChI=1S/C22H23N3O5S/c26-25(27)18-7-4-8-19(15-18)31(28,29)23-16-22(24-11-13-30-14-12-24)21-10-3-6-17-5-1-2-9-20(17)21/h1-10,15,22-23H,11-14,16H2. The molecular weight excluding hydrogens is 418 g/mol. The maximum atomic E-state index is 12.9. The molecule has 1 saturated heterocycles. The van der Waals surface area contributed by atoms with E-state index in [1.807, 2.05) is 42.5 Å². The smallest absolute Gasteiger partial charge is 0.270 e.